The molecule has 1 aliphatic rings. The molecule has 1 amide bonds. The first kappa shape index (κ1) is 22.9. The van der Waals surface area contributed by atoms with Crippen LogP contribution < -0.4 is 10.1 Å². The number of nitrogens with one attached hydrogen (secondary N) is 2. The molecule has 1 atom stereocenters. The molecule has 33 heavy (non-hydrogen) atoms. The Labute approximate surface area is 195 Å². The van der Waals surface area contributed by atoms with Gasteiger partial charge in [-0.05, 0) is 62.9 Å². The fourth-order valence-corrected chi connectivity index (χ4v) is 4.39. The number of rotatable bonds is 7. The van der Waals surface area contributed by atoms with Crippen LogP contribution in [0.4, 0.5) is 0 Å². The maximum Gasteiger partial charge on any atom is 0.255 e. The molecule has 0 spiro atoms. The summed E-state index contributed by atoms with van der Waals surface area (Å²) < 4.78 is 5.90. The highest BCUT2D eigenvalue weighted by molar-refractivity contribution is 5.97. The van der Waals surface area contributed by atoms with Gasteiger partial charge in [0.2, 0.25) is 0 Å². The number of aliphatic hydroxyl groups excluding tert-OH is 1. The van der Waals surface area contributed by atoms with Gasteiger partial charge in [0.25, 0.3) is 5.91 Å². The standard InChI is InChI=1S/C28H32N2O3/c1-19(2)33-27-14-13-21(12-11-20-7-3-4-8-20)15-25(27)28(32)30-23(18-31)16-22-17-29-26-10-6-5-9-24(22)26/h5-6,9-10,13-15,17,19-20,23,29,31H,3-4,7-8,16,18H2,1-2H3,(H,30,32). The van der Waals surface area contributed by atoms with Crippen LogP contribution in [0.25, 0.3) is 10.9 Å². The van der Waals surface area contributed by atoms with Crippen molar-refractivity contribution in [3.63, 3.8) is 0 Å². The second-order valence-corrected chi connectivity index (χ2v) is 9.04. The number of hydrogen-bond donors (Lipinski definition) is 3. The number of para-hydroxylation sites is 1. The Bertz CT molecular complexity index is 1160. The molecule has 0 bridgehead atoms. The molecule has 1 saturated carbocycles. The van der Waals surface area contributed by atoms with Crippen LogP contribution in [0.15, 0.2) is 48.7 Å². The van der Waals surface area contributed by atoms with Crippen molar-refractivity contribution >= 4 is 16.8 Å². The van der Waals surface area contributed by atoms with Crippen LogP contribution >= 0.6 is 0 Å². The van der Waals surface area contributed by atoms with Gasteiger partial charge < -0.3 is 20.1 Å². The number of ether oxygens (including phenoxy) is 1. The lowest BCUT2D eigenvalue weighted by molar-refractivity contribution is 0.0910. The number of aliphatic hydroxyl groups is 1. The number of hydrogen-bond acceptors (Lipinski definition) is 3. The first-order valence-corrected chi connectivity index (χ1v) is 11.8. The predicted octanol–water partition coefficient (Wildman–Crippen LogP) is 4.83. The summed E-state index contributed by atoms with van der Waals surface area (Å²) >= 11 is 0. The number of aromatic amines is 1. The van der Waals surface area contributed by atoms with Crippen LogP contribution in [-0.4, -0.2) is 34.8 Å². The number of amides is 1. The van der Waals surface area contributed by atoms with Crippen molar-refractivity contribution in [3.8, 4) is 17.6 Å². The lowest BCUT2D eigenvalue weighted by atomic mass is 10.0. The minimum absolute atomic E-state index is 0.0631. The zero-order chi connectivity index (χ0) is 23.2. The molecule has 2 aromatic carbocycles. The Morgan fingerprint density at radius 3 is 2.76 bits per heavy atom. The van der Waals surface area contributed by atoms with Gasteiger partial charge in [-0.2, -0.15) is 0 Å². The van der Waals surface area contributed by atoms with Gasteiger partial charge in [-0.25, -0.2) is 0 Å². The Morgan fingerprint density at radius 1 is 1.21 bits per heavy atom. The van der Waals surface area contributed by atoms with Gasteiger partial charge in [-0.1, -0.05) is 42.9 Å². The zero-order valence-electron chi connectivity index (χ0n) is 19.4. The zero-order valence-corrected chi connectivity index (χ0v) is 19.4. The topological polar surface area (TPSA) is 74.3 Å². The van der Waals surface area contributed by atoms with Gasteiger partial charge in [0, 0.05) is 28.6 Å². The fraction of sp³-hybridized carbons (Fsp3) is 0.393. The maximum atomic E-state index is 13.3. The summed E-state index contributed by atoms with van der Waals surface area (Å²) in [6.45, 7) is 3.71. The van der Waals surface area contributed by atoms with Gasteiger partial charge in [0.05, 0.1) is 24.3 Å². The second-order valence-electron chi connectivity index (χ2n) is 9.04. The van der Waals surface area contributed by atoms with E-state index < -0.39 is 6.04 Å². The lowest BCUT2D eigenvalue weighted by Gasteiger charge is -2.19. The summed E-state index contributed by atoms with van der Waals surface area (Å²) in [6.07, 6.45) is 7.19. The van der Waals surface area contributed by atoms with Crippen LogP contribution in [0.2, 0.25) is 0 Å². The molecule has 1 unspecified atom stereocenters. The molecule has 0 aliphatic heterocycles. The van der Waals surface area contributed by atoms with Crippen molar-refractivity contribution in [1.82, 2.24) is 10.3 Å². The Morgan fingerprint density at radius 2 is 2.00 bits per heavy atom. The molecule has 4 rings (SSSR count). The van der Waals surface area contributed by atoms with Crippen molar-refractivity contribution in [2.45, 2.75) is 58.1 Å². The van der Waals surface area contributed by atoms with E-state index in [2.05, 4.69) is 22.1 Å². The lowest BCUT2D eigenvalue weighted by Crippen LogP contribution is -2.39. The number of fused-ring (bicyclic) bond motifs is 1. The Kier molecular flexibility index (Phi) is 7.36. The fourth-order valence-electron chi connectivity index (χ4n) is 4.39. The Hall–Kier alpha value is -3.23. The molecule has 5 nitrogen and oxygen atoms in total. The van der Waals surface area contributed by atoms with Crippen molar-refractivity contribution in [1.29, 1.82) is 0 Å². The number of carbonyl (C=O) groups excluding carboxylic acids is 1. The van der Waals surface area contributed by atoms with Gasteiger partial charge in [-0.3, -0.25) is 4.79 Å². The number of carbonyl (C=O) groups is 1. The van der Waals surface area contributed by atoms with E-state index >= 15 is 0 Å². The van der Waals surface area contributed by atoms with Crippen LogP contribution in [-0.2, 0) is 6.42 Å². The minimum atomic E-state index is -0.420. The molecule has 1 heterocycles. The third-order valence-electron chi connectivity index (χ3n) is 6.06. The Balaban J connectivity index is 1.54. The molecule has 0 radical (unpaired) electrons. The van der Waals surface area contributed by atoms with Crippen LogP contribution in [0.1, 0.15) is 61.0 Å². The summed E-state index contributed by atoms with van der Waals surface area (Å²) in [5.74, 6) is 7.31. The third kappa shape index (κ3) is 5.77. The van der Waals surface area contributed by atoms with Crippen molar-refractivity contribution in [2.24, 2.45) is 5.92 Å². The van der Waals surface area contributed by atoms with Gasteiger partial charge in [0.1, 0.15) is 5.75 Å². The van der Waals surface area contributed by atoms with Crippen molar-refractivity contribution in [3.05, 3.63) is 65.4 Å². The monoisotopic (exact) mass is 444 g/mol. The highest BCUT2D eigenvalue weighted by Crippen LogP contribution is 2.25. The van der Waals surface area contributed by atoms with Crippen LogP contribution in [0.3, 0.4) is 0 Å². The van der Waals surface area contributed by atoms with E-state index in [1.165, 1.54) is 12.8 Å². The average Bonchev–Trinajstić information content (AvgIpc) is 3.48. The van der Waals surface area contributed by atoms with E-state index in [4.69, 9.17) is 4.74 Å². The summed E-state index contributed by atoms with van der Waals surface area (Å²) in [6, 6.07) is 13.1. The molecule has 172 valence electrons. The highest BCUT2D eigenvalue weighted by Gasteiger charge is 2.20. The number of benzene rings is 2. The molecule has 1 aromatic heterocycles. The summed E-state index contributed by atoms with van der Waals surface area (Å²) in [5, 5.41) is 14.1. The largest absolute Gasteiger partial charge is 0.490 e. The summed E-state index contributed by atoms with van der Waals surface area (Å²) in [5.41, 5.74) is 3.34. The van der Waals surface area contributed by atoms with E-state index in [0.717, 1.165) is 34.9 Å². The van der Waals surface area contributed by atoms with Crippen molar-refractivity contribution in [2.75, 3.05) is 6.61 Å². The van der Waals surface area contributed by atoms with Crippen LogP contribution in [0.5, 0.6) is 5.75 Å². The molecular formula is C28H32N2O3. The van der Waals surface area contributed by atoms with E-state index in [1.807, 2.05) is 56.4 Å². The molecule has 0 saturated heterocycles. The van der Waals surface area contributed by atoms with Crippen LogP contribution in [0, 0.1) is 17.8 Å². The molecule has 3 N–H and O–H groups in total. The average molecular weight is 445 g/mol. The van der Waals surface area contributed by atoms with E-state index in [1.54, 1.807) is 6.07 Å². The molecule has 5 heteroatoms. The summed E-state index contributed by atoms with van der Waals surface area (Å²) in [7, 11) is 0. The molecular weight excluding hydrogens is 412 g/mol. The second kappa shape index (κ2) is 10.6. The molecule has 1 aliphatic carbocycles. The van der Waals surface area contributed by atoms with Crippen molar-refractivity contribution < 1.29 is 14.6 Å². The number of aromatic nitrogens is 1. The first-order chi connectivity index (χ1) is 16.0. The SMILES string of the molecule is CC(C)Oc1ccc(C#CC2CCCC2)cc1C(=O)NC(CO)Cc1c[nH]c2ccccc12. The first-order valence-electron chi connectivity index (χ1n) is 11.8. The quantitative estimate of drug-likeness (QED) is 0.457. The predicted molar refractivity (Wildman–Crippen MR) is 131 cm³/mol. The maximum absolute atomic E-state index is 13.3. The summed E-state index contributed by atoms with van der Waals surface area (Å²) in [4.78, 5) is 16.5. The van der Waals surface area contributed by atoms with E-state index in [-0.39, 0.29) is 18.6 Å². The molecule has 1 fully saturated rings. The smallest absolute Gasteiger partial charge is 0.255 e. The third-order valence-corrected chi connectivity index (χ3v) is 6.06. The minimum Gasteiger partial charge on any atom is -0.490 e. The highest BCUT2D eigenvalue weighted by atomic mass is 16.5. The van der Waals surface area contributed by atoms with Gasteiger partial charge >= 0.3 is 0 Å². The molecule has 3 aromatic rings. The number of H-pyrrole nitrogens is 1. The van der Waals surface area contributed by atoms with Gasteiger partial charge in [0.15, 0.2) is 0 Å². The van der Waals surface area contributed by atoms with E-state index in [0.29, 0.717) is 23.7 Å². The van der Waals surface area contributed by atoms with Gasteiger partial charge in [-0.15, -0.1) is 0 Å². The normalized spacial score (nSPS) is 14.8. The van der Waals surface area contributed by atoms with E-state index in [9.17, 15) is 9.90 Å².